The second-order valence-corrected chi connectivity index (χ2v) is 8.82. The van der Waals surface area contributed by atoms with Crippen LogP contribution in [0.1, 0.15) is 118 Å². The summed E-state index contributed by atoms with van der Waals surface area (Å²) in [6, 6.07) is 0. The molecule has 0 N–H and O–H groups in total. The topological polar surface area (TPSA) is 12.5 Å². The van der Waals surface area contributed by atoms with Gasteiger partial charge in [0.05, 0.1) is 13.2 Å². The van der Waals surface area contributed by atoms with E-state index in [0.717, 1.165) is 36.9 Å². The fourth-order valence-electron chi connectivity index (χ4n) is 4.74. The molecule has 0 bridgehead atoms. The Morgan fingerprint density at radius 1 is 0.760 bits per heavy atom. The monoisotopic (exact) mass is 352 g/mol. The van der Waals surface area contributed by atoms with Crippen molar-refractivity contribution in [1.29, 1.82) is 0 Å². The number of epoxide rings is 1. The summed E-state index contributed by atoms with van der Waals surface area (Å²) in [5.74, 6) is 4.16. The van der Waals surface area contributed by atoms with Gasteiger partial charge in [-0.3, -0.25) is 0 Å². The van der Waals surface area contributed by atoms with Crippen LogP contribution in [0.3, 0.4) is 0 Å². The first kappa shape index (κ1) is 23.0. The van der Waals surface area contributed by atoms with E-state index < -0.39 is 0 Å². The molecule has 0 aromatic rings. The van der Waals surface area contributed by atoms with E-state index in [4.69, 9.17) is 0 Å². The molecule has 1 aliphatic carbocycles. The van der Waals surface area contributed by atoms with Crippen molar-refractivity contribution < 1.29 is 4.74 Å². The summed E-state index contributed by atoms with van der Waals surface area (Å²) in [7, 11) is 0. The molecule has 0 radical (unpaired) electrons. The van der Waals surface area contributed by atoms with Crippen LogP contribution in [0.2, 0.25) is 0 Å². The first-order chi connectivity index (χ1) is 12.2. The second kappa shape index (κ2) is 15.1. The Balaban J connectivity index is 0.000000934. The van der Waals surface area contributed by atoms with Gasteiger partial charge in [0.15, 0.2) is 0 Å². The molecule has 0 spiro atoms. The second-order valence-electron chi connectivity index (χ2n) is 8.82. The number of unbranched alkanes of at least 4 members (excludes halogenated alkanes) is 2. The molecular formula is C24H48O. The van der Waals surface area contributed by atoms with E-state index in [9.17, 15) is 0 Å². The lowest BCUT2D eigenvalue weighted by Gasteiger charge is -2.33. The highest BCUT2D eigenvalue weighted by atomic mass is 16.6. The standard InChI is InChI=1S/C22H44.C2H4O/c1-5-9-12-19(7-3)16-21-14-11-15-22(18-21)17-20(8-4)13-10-6-2;1-2-3-1/h19-22H,5-18H2,1-4H3;1-2H2. The molecule has 1 saturated heterocycles. The summed E-state index contributed by atoms with van der Waals surface area (Å²) in [5.41, 5.74) is 0. The molecule has 25 heavy (non-hydrogen) atoms. The Morgan fingerprint density at radius 3 is 1.52 bits per heavy atom. The Labute approximate surface area is 159 Å². The molecule has 2 rings (SSSR count). The molecule has 1 aliphatic heterocycles. The molecular weight excluding hydrogens is 304 g/mol. The zero-order valence-electron chi connectivity index (χ0n) is 18.0. The minimum Gasteiger partial charge on any atom is -0.377 e. The molecule has 2 aliphatic rings. The predicted molar refractivity (Wildman–Crippen MR) is 112 cm³/mol. The van der Waals surface area contributed by atoms with E-state index in [2.05, 4.69) is 32.4 Å². The fraction of sp³-hybridized carbons (Fsp3) is 1.00. The predicted octanol–water partition coefficient (Wildman–Crippen LogP) is 8.02. The third-order valence-corrected chi connectivity index (χ3v) is 6.52. The van der Waals surface area contributed by atoms with Crippen LogP contribution < -0.4 is 0 Å². The first-order valence-corrected chi connectivity index (χ1v) is 11.8. The molecule has 1 saturated carbocycles. The van der Waals surface area contributed by atoms with Gasteiger partial charge in [0.2, 0.25) is 0 Å². The van der Waals surface area contributed by atoms with E-state index in [1.54, 1.807) is 19.3 Å². The molecule has 4 atom stereocenters. The van der Waals surface area contributed by atoms with Gasteiger partial charge in [0, 0.05) is 0 Å². The van der Waals surface area contributed by atoms with Gasteiger partial charge in [-0.05, 0) is 42.9 Å². The van der Waals surface area contributed by atoms with Gasteiger partial charge >= 0.3 is 0 Å². The molecule has 4 unspecified atom stereocenters. The van der Waals surface area contributed by atoms with E-state index in [1.165, 1.54) is 70.6 Å². The first-order valence-electron chi connectivity index (χ1n) is 11.8. The Kier molecular flexibility index (Phi) is 13.9. The van der Waals surface area contributed by atoms with E-state index in [0.29, 0.717) is 0 Å². The lowest BCUT2D eigenvalue weighted by atomic mass is 9.73. The van der Waals surface area contributed by atoms with E-state index >= 15 is 0 Å². The maximum absolute atomic E-state index is 4.50. The molecule has 1 heteroatoms. The molecule has 0 aromatic carbocycles. The van der Waals surface area contributed by atoms with E-state index in [1.807, 2.05) is 0 Å². The molecule has 0 aromatic heterocycles. The molecule has 1 heterocycles. The molecule has 2 fully saturated rings. The van der Waals surface area contributed by atoms with Crippen molar-refractivity contribution >= 4 is 0 Å². The zero-order chi connectivity index (χ0) is 18.3. The van der Waals surface area contributed by atoms with Crippen LogP contribution in [0.5, 0.6) is 0 Å². The van der Waals surface area contributed by atoms with Gasteiger partial charge in [-0.2, -0.15) is 0 Å². The number of hydrogen-bond acceptors (Lipinski definition) is 1. The lowest BCUT2D eigenvalue weighted by Crippen LogP contribution is -2.20. The Bertz CT molecular complexity index is 259. The SMILES string of the molecule is C1CO1.CCCCC(CC)CC1CCCC(CC(CC)CCCC)C1. The highest BCUT2D eigenvalue weighted by molar-refractivity contribution is 4.77. The van der Waals surface area contributed by atoms with Crippen molar-refractivity contribution in [2.24, 2.45) is 23.7 Å². The highest BCUT2D eigenvalue weighted by Gasteiger charge is 2.25. The molecule has 150 valence electrons. The average Bonchev–Trinajstić information content (AvgIpc) is 3.51. The maximum atomic E-state index is 4.50. The normalized spacial score (nSPS) is 25.0. The van der Waals surface area contributed by atoms with Crippen molar-refractivity contribution in [3.05, 3.63) is 0 Å². The van der Waals surface area contributed by atoms with Gasteiger partial charge in [-0.25, -0.2) is 0 Å². The van der Waals surface area contributed by atoms with Gasteiger partial charge in [-0.1, -0.05) is 98.3 Å². The largest absolute Gasteiger partial charge is 0.377 e. The minimum absolute atomic E-state index is 1.00. The van der Waals surface area contributed by atoms with Crippen molar-refractivity contribution in [3.8, 4) is 0 Å². The van der Waals surface area contributed by atoms with Crippen molar-refractivity contribution in [3.63, 3.8) is 0 Å². The molecule has 1 nitrogen and oxygen atoms in total. The lowest BCUT2D eigenvalue weighted by molar-refractivity contribution is 0.189. The number of hydrogen-bond donors (Lipinski definition) is 0. The average molecular weight is 353 g/mol. The van der Waals surface area contributed by atoms with Gasteiger partial charge < -0.3 is 4.74 Å². The third kappa shape index (κ3) is 12.1. The quantitative estimate of drug-likeness (QED) is 0.324. The summed E-state index contributed by atoms with van der Waals surface area (Å²) in [6.07, 6.45) is 20.7. The highest BCUT2D eigenvalue weighted by Crippen LogP contribution is 2.38. The molecule has 0 amide bonds. The van der Waals surface area contributed by atoms with Crippen LogP contribution in [0.4, 0.5) is 0 Å². The van der Waals surface area contributed by atoms with Crippen LogP contribution in [0.15, 0.2) is 0 Å². The summed E-state index contributed by atoms with van der Waals surface area (Å²) in [4.78, 5) is 0. The van der Waals surface area contributed by atoms with Crippen LogP contribution in [0, 0.1) is 23.7 Å². The summed E-state index contributed by atoms with van der Waals surface area (Å²) >= 11 is 0. The summed E-state index contributed by atoms with van der Waals surface area (Å²) < 4.78 is 4.50. The number of ether oxygens (including phenoxy) is 1. The van der Waals surface area contributed by atoms with Crippen LogP contribution >= 0.6 is 0 Å². The smallest absolute Gasteiger partial charge is 0.0701 e. The Morgan fingerprint density at radius 2 is 1.20 bits per heavy atom. The van der Waals surface area contributed by atoms with Crippen LogP contribution in [-0.4, -0.2) is 13.2 Å². The van der Waals surface area contributed by atoms with Crippen LogP contribution in [-0.2, 0) is 4.74 Å². The maximum Gasteiger partial charge on any atom is 0.0701 e. The van der Waals surface area contributed by atoms with Crippen molar-refractivity contribution in [2.45, 2.75) is 118 Å². The summed E-state index contributed by atoms with van der Waals surface area (Å²) in [5, 5.41) is 0. The number of rotatable bonds is 12. The third-order valence-electron chi connectivity index (χ3n) is 6.52. The zero-order valence-corrected chi connectivity index (χ0v) is 18.0. The Hall–Kier alpha value is -0.0400. The fourth-order valence-corrected chi connectivity index (χ4v) is 4.74. The summed E-state index contributed by atoms with van der Waals surface area (Å²) in [6.45, 7) is 11.5. The van der Waals surface area contributed by atoms with E-state index in [-0.39, 0.29) is 0 Å². The van der Waals surface area contributed by atoms with Crippen LogP contribution in [0.25, 0.3) is 0 Å². The van der Waals surface area contributed by atoms with Gasteiger partial charge in [0.1, 0.15) is 0 Å². The van der Waals surface area contributed by atoms with Gasteiger partial charge in [-0.15, -0.1) is 0 Å². The van der Waals surface area contributed by atoms with Gasteiger partial charge in [0.25, 0.3) is 0 Å². The minimum atomic E-state index is 1.00. The van der Waals surface area contributed by atoms with Crippen molar-refractivity contribution in [1.82, 2.24) is 0 Å². The van der Waals surface area contributed by atoms with Crippen molar-refractivity contribution in [2.75, 3.05) is 13.2 Å².